The number of esters is 1. The Hall–Kier alpha value is -3.14. The first-order chi connectivity index (χ1) is 16.7. The molecule has 0 aliphatic rings. The molecule has 202 valence electrons. The summed E-state index contributed by atoms with van der Waals surface area (Å²) in [6.07, 6.45) is -0.203. The highest BCUT2D eigenvalue weighted by atomic mass is 16.6. The van der Waals surface area contributed by atoms with Crippen molar-refractivity contribution in [1.82, 2.24) is 15.5 Å². The number of benzene rings is 1. The van der Waals surface area contributed by atoms with Gasteiger partial charge in [-0.3, -0.25) is 14.4 Å². The molecule has 0 aliphatic carbocycles. The van der Waals surface area contributed by atoms with Crippen molar-refractivity contribution in [3.05, 3.63) is 34.9 Å². The van der Waals surface area contributed by atoms with Crippen LogP contribution >= 0.6 is 0 Å². The Balaban J connectivity index is 3.53. The number of hydrogen-bond acceptors (Lipinski definition) is 7. The number of amides is 3. The van der Waals surface area contributed by atoms with Gasteiger partial charge in [-0.15, -0.1) is 0 Å². The normalized spacial score (nSPS) is 13.7. The molecule has 3 unspecified atom stereocenters. The summed E-state index contributed by atoms with van der Waals surface area (Å²) < 4.78 is 9.97. The van der Waals surface area contributed by atoms with Gasteiger partial charge in [0.25, 0.3) is 0 Å². The second-order valence-corrected chi connectivity index (χ2v) is 9.82. The lowest BCUT2D eigenvalue weighted by molar-refractivity contribution is -0.145. The molecular formula is C26H41N3O7. The molecule has 0 saturated carbocycles. The van der Waals surface area contributed by atoms with Gasteiger partial charge in [-0.25, -0.2) is 4.79 Å². The fraction of sp³-hybridized carbons (Fsp3) is 0.615. The van der Waals surface area contributed by atoms with Crippen LogP contribution in [-0.4, -0.2) is 72.3 Å². The van der Waals surface area contributed by atoms with Gasteiger partial charge in [-0.1, -0.05) is 44.0 Å². The Bertz CT molecular complexity index is 927. The summed E-state index contributed by atoms with van der Waals surface area (Å²) >= 11 is 0. The Morgan fingerprint density at radius 1 is 1.14 bits per heavy atom. The van der Waals surface area contributed by atoms with Gasteiger partial charge in [0.2, 0.25) is 11.8 Å². The second kappa shape index (κ2) is 13.8. The van der Waals surface area contributed by atoms with E-state index in [0.29, 0.717) is 12.0 Å². The fourth-order valence-corrected chi connectivity index (χ4v) is 3.60. The first kappa shape index (κ1) is 30.9. The maximum Gasteiger partial charge on any atom is 0.408 e. The molecule has 36 heavy (non-hydrogen) atoms. The monoisotopic (exact) mass is 507 g/mol. The number of nitrogens with one attached hydrogen (secondary N) is 2. The Labute approximate surface area is 213 Å². The van der Waals surface area contributed by atoms with Crippen LogP contribution in [-0.2, 0) is 23.9 Å². The number of ether oxygens (including phenoxy) is 2. The van der Waals surface area contributed by atoms with Gasteiger partial charge in [0.1, 0.15) is 24.2 Å². The molecule has 0 saturated heterocycles. The van der Waals surface area contributed by atoms with Crippen molar-refractivity contribution in [2.75, 3.05) is 26.8 Å². The van der Waals surface area contributed by atoms with E-state index in [1.807, 2.05) is 32.9 Å². The third-order valence-electron chi connectivity index (χ3n) is 5.70. The van der Waals surface area contributed by atoms with Crippen molar-refractivity contribution < 1.29 is 33.8 Å². The molecule has 3 atom stereocenters. The van der Waals surface area contributed by atoms with Crippen molar-refractivity contribution in [3.8, 4) is 0 Å². The quantitative estimate of drug-likeness (QED) is 0.392. The third-order valence-corrected chi connectivity index (χ3v) is 5.70. The molecule has 0 heterocycles. The lowest BCUT2D eigenvalue weighted by atomic mass is 9.93. The van der Waals surface area contributed by atoms with Gasteiger partial charge in [-0.05, 0) is 51.7 Å². The van der Waals surface area contributed by atoms with E-state index in [0.717, 1.165) is 11.1 Å². The maximum absolute atomic E-state index is 13.9. The van der Waals surface area contributed by atoms with E-state index in [9.17, 15) is 24.3 Å². The van der Waals surface area contributed by atoms with Crippen LogP contribution in [0.15, 0.2) is 18.2 Å². The van der Waals surface area contributed by atoms with Crippen LogP contribution in [0.25, 0.3) is 0 Å². The van der Waals surface area contributed by atoms with E-state index >= 15 is 0 Å². The van der Waals surface area contributed by atoms with Gasteiger partial charge in [-0.2, -0.15) is 0 Å². The van der Waals surface area contributed by atoms with E-state index in [-0.39, 0.29) is 19.0 Å². The van der Waals surface area contributed by atoms with Crippen molar-refractivity contribution >= 4 is 23.9 Å². The first-order valence-corrected chi connectivity index (χ1v) is 12.1. The number of alkyl carbamates (subject to hydrolysis) is 1. The van der Waals surface area contributed by atoms with Crippen LogP contribution in [0.2, 0.25) is 0 Å². The zero-order valence-electron chi connectivity index (χ0n) is 22.6. The summed E-state index contributed by atoms with van der Waals surface area (Å²) in [6, 6.07) is 3.32. The number of aryl methyl sites for hydroxylation is 2. The van der Waals surface area contributed by atoms with Crippen molar-refractivity contribution in [1.29, 1.82) is 0 Å². The molecule has 0 aromatic heterocycles. The van der Waals surface area contributed by atoms with Gasteiger partial charge >= 0.3 is 12.1 Å². The van der Waals surface area contributed by atoms with Crippen molar-refractivity contribution in [3.63, 3.8) is 0 Å². The summed E-state index contributed by atoms with van der Waals surface area (Å²) in [5.41, 5.74) is 1.38. The Kier molecular flexibility index (Phi) is 11.9. The maximum atomic E-state index is 13.9. The zero-order chi connectivity index (χ0) is 27.6. The molecule has 10 nitrogen and oxygen atoms in total. The number of methoxy groups -OCH3 is 1. The summed E-state index contributed by atoms with van der Waals surface area (Å²) in [4.78, 5) is 52.8. The van der Waals surface area contributed by atoms with Crippen LogP contribution in [0.4, 0.5) is 4.79 Å². The molecular weight excluding hydrogens is 466 g/mol. The summed E-state index contributed by atoms with van der Waals surface area (Å²) in [5, 5.41) is 15.0. The number of aliphatic hydroxyl groups excluding tert-OH is 1. The minimum Gasteiger partial charge on any atom is -0.468 e. The highest BCUT2D eigenvalue weighted by Gasteiger charge is 2.38. The number of carbonyl (C=O) groups is 4. The van der Waals surface area contributed by atoms with Crippen LogP contribution in [0.5, 0.6) is 0 Å². The van der Waals surface area contributed by atoms with Gasteiger partial charge in [0.05, 0.1) is 13.7 Å². The standard InChI is InChI=1S/C26H41N3O7/c1-9-17(3)21(28-25(34)36-26(5,6)7)24(33)29(12-13-30)22(23(32)27-15-20(31)35-8)19-14-16(2)10-11-18(19)4/h10-11,14,17,21-22,30H,9,12-13,15H2,1-8H3,(H,27,32)(H,28,34). The summed E-state index contributed by atoms with van der Waals surface area (Å²) in [7, 11) is 1.21. The number of aliphatic hydroxyl groups is 1. The van der Waals surface area contributed by atoms with E-state index in [2.05, 4.69) is 15.4 Å². The Morgan fingerprint density at radius 3 is 2.31 bits per heavy atom. The smallest absolute Gasteiger partial charge is 0.408 e. The molecule has 0 radical (unpaired) electrons. The number of rotatable bonds is 11. The van der Waals surface area contributed by atoms with Crippen molar-refractivity contribution in [2.45, 2.75) is 72.6 Å². The number of hydrogen-bond donors (Lipinski definition) is 3. The minimum atomic E-state index is -1.17. The van der Waals surface area contributed by atoms with E-state index in [4.69, 9.17) is 4.74 Å². The van der Waals surface area contributed by atoms with Crippen LogP contribution < -0.4 is 10.6 Å². The molecule has 3 amide bonds. The zero-order valence-corrected chi connectivity index (χ0v) is 22.6. The molecule has 1 aromatic carbocycles. The molecule has 10 heteroatoms. The average molecular weight is 508 g/mol. The number of nitrogens with zero attached hydrogens (tertiary/aromatic N) is 1. The SMILES string of the molecule is CCC(C)C(NC(=O)OC(C)(C)C)C(=O)N(CCO)C(C(=O)NCC(=O)OC)c1cc(C)ccc1C. The van der Waals surface area contributed by atoms with Crippen LogP contribution in [0.1, 0.15) is 63.8 Å². The average Bonchev–Trinajstić information content (AvgIpc) is 2.80. The molecule has 3 N–H and O–H groups in total. The highest BCUT2D eigenvalue weighted by Crippen LogP contribution is 2.27. The van der Waals surface area contributed by atoms with Gasteiger partial charge in [0, 0.05) is 6.54 Å². The lowest BCUT2D eigenvalue weighted by Gasteiger charge is -2.36. The van der Waals surface area contributed by atoms with Crippen LogP contribution in [0.3, 0.4) is 0 Å². The highest BCUT2D eigenvalue weighted by molar-refractivity contribution is 5.93. The van der Waals surface area contributed by atoms with Crippen molar-refractivity contribution in [2.24, 2.45) is 5.92 Å². The fourth-order valence-electron chi connectivity index (χ4n) is 3.60. The predicted molar refractivity (Wildman–Crippen MR) is 135 cm³/mol. The summed E-state index contributed by atoms with van der Waals surface area (Å²) in [5.74, 6) is -2.12. The van der Waals surface area contributed by atoms with Crippen LogP contribution in [0, 0.1) is 19.8 Å². The summed E-state index contributed by atoms with van der Waals surface area (Å²) in [6.45, 7) is 11.5. The molecule has 0 spiro atoms. The molecule has 1 rings (SSSR count). The van der Waals surface area contributed by atoms with E-state index in [1.54, 1.807) is 33.8 Å². The van der Waals surface area contributed by atoms with E-state index in [1.165, 1.54) is 12.0 Å². The number of carbonyl (C=O) groups excluding carboxylic acids is 4. The molecule has 0 fully saturated rings. The predicted octanol–water partition coefficient (Wildman–Crippen LogP) is 2.39. The van der Waals surface area contributed by atoms with E-state index < -0.39 is 48.2 Å². The minimum absolute atomic E-state index is 0.175. The molecule has 1 aromatic rings. The molecule has 0 bridgehead atoms. The van der Waals surface area contributed by atoms with Gasteiger partial charge < -0.3 is 30.1 Å². The first-order valence-electron chi connectivity index (χ1n) is 12.1. The largest absolute Gasteiger partial charge is 0.468 e. The van der Waals surface area contributed by atoms with Gasteiger partial charge in [0.15, 0.2) is 0 Å². The lowest BCUT2D eigenvalue weighted by Crippen LogP contribution is -2.56. The topological polar surface area (TPSA) is 134 Å². The third kappa shape index (κ3) is 9.14. The second-order valence-electron chi connectivity index (χ2n) is 9.82. The molecule has 0 aliphatic heterocycles. The Morgan fingerprint density at radius 2 is 1.78 bits per heavy atom.